The van der Waals surface area contributed by atoms with Gasteiger partial charge in [-0.3, -0.25) is 22.8 Å². The summed E-state index contributed by atoms with van der Waals surface area (Å²) < 4.78 is 0. The first kappa shape index (κ1) is 14.5. The van der Waals surface area contributed by atoms with Crippen LogP contribution in [0.15, 0.2) is 6.07 Å². The Hall–Kier alpha value is 1.01. The van der Waals surface area contributed by atoms with Gasteiger partial charge in [0.1, 0.15) is 0 Å². The van der Waals surface area contributed by atoms with E-state index in [0.717, 1.165) is 5.56 Å². The Morgan fingerprint density at radius 3 is 2.00 bits per heavy atom. The van der Waals surface area contributed by atoms with Crippen molar-refractivity contribution in [2.45, 2.75) is 20.8 Å². The molecule has 0 saturated carbocycles. The number of aryl methyl sites for hydroxylation is 3. The molecule has 1 radical (unpaired) electrons. The minimum absolute atomic E-state index is 0. The standard InChI is InChI=1S/C9H10.W.Y/c1-7-4-5-8(2)9(3)6-7;;/h4H,1-3H3;;/q-2;;. The van der Waals surface area contributed by atoms with Crippen molar-refractivity contribution in [3.8, 4) is 0 Å². The maximum atomic E-state index is 3.21. The monoisotopic (exact) mass is 391 g/mol. The third-order valence-corrected chi connectivity index (χ3v) is 1.45. The normalized spacial score (nSPS) is 7.91. The van der Waals surface area contributed by atoms with Crippen LogP contribution >= 0.6 is 0 Å². The summed E-state index contributed by atoms with van der Waals surface area (Å²) in [6.07, 6.45) is 0. The molecule has 1 aromatic rings. The Kier molecular flexibility index (Phi) is 8.61. The van der Waals surface area contributed by atoms with E-state index in [1.54, 1.807) is 0 Å². The van der Waals surface area contributed by atoms with Gasteiger partial charge in [0.2, 0.25) is 0 Å². The van der Waals surface area contributed by atoms with Crippen LogP contribution in [0, 0.1) is 32.9 Å². The molecule has 0 N–H and O–H groups in total. The zero-order chi connectivity index (χ0) is 6.85. The van der Waals surface area contributed by atoms with Crippen molar-refractivity contribution in [3.05, 3.63) is 34.9 Å². The summed E-state index contributed by atoms with van der Waals surface area (Å²) in [5.41, 5.74) is 3.56. The third kappa shape index (κ3) is 4.56. The summed E-state index contributed by atoms with van der Waals surface area (Å²) in [6.45, 7) is 6.13. The molecular formula is C9H10WY-2. The van der Waals surface area contributed by atoms with Crippen molar-refractivity contribution in [2.75, 3.05) is 0 Å². The average molecular weight is 391 g/mol. The van der Waals surface area contributed by atoms with Crippen LogP contribution in [0.5, 0.6) is 0 Å². The van der Waals surface area contributed by atoms with Crippen molar-refractivity contribution in [3.63, 3.8) is 0 Å². The smallest absolute Gasteiger partial charge is 0 e. The molecule has 0 aliphatic heterocycles. The van der Waals surface area contributed by atoms with Gasteiger partial charge in [0.25, 0.3) is 0 Å². The molecule has 0 heterocycles. The molecule has 1 rings (SSSR count). The first-order chi connectivity index (χ1) is 4.20. The average Bonchev–Trinajstić information content (AvgIpc) is 1.80. The van der Waals surface area contributed by atoms with E-state index < -0.39 is 0 Å². The van der Waals surface area contributed by atoms with Crippen molar-refractivity contribution in [1.82, 2.24) is 0 Å². The number of hydrogen-bond acceptors (Lipinski definition) is 0. The van der Waals surface area contributed by atoms with Crippen molar-refractivity contribution in [1.29, 1.82) is 0 Å². The van der Waals surface area contributed by atoms with E-state index in [1.165, 1.54) is 11.1 Å². The summed E-state index contributed by atoms with van der Waals surface area (Å²) in [4.78, 5) is 0. The molecule has 0 aliphatic rings. The Bertz CT molecular complexity index is 221. The van der Waals surface area contributed by atoms with Gasteiger partial charge in [-0.05, 0) is 0 Å². The topological polar surface area (TPSA) is 0 Å². The van der Waals surface area contributed by atoms with E-state index >= 15 is 0 Å². The molecule has 0 atom stereocenters. The van der Waals surface area contributed by atoms with Crippen LogP contribution in [0.25, 0.3) is 0 Å². The van der Waals surface area contributed by atoms with Crippen LogP contribution in [-0.4, -0.2) is 0 Å². The molecule has 0 saturated heterocycles. The number of rotatable bonds is 0. The Labute approximate surface area is 108 Å². The molecule has 0 bridgehead atoms. The van der Waals surface area contributed by atoms with E-state index in [2.05, 4.69) is 19.1 Å². The summed E-state index contributed by atoms with van der Waals surface area (Å²) in [5, 5.41) is 0. The van der Waals surface area contributed by atoms with Gasteiger partial charge in [0, 0.05) is 53.8 Å². The van der Waals surface area contributed by atoms with Crippen LogP contribution in [0.2, 0.25) is 0 Å². The Balaban J connectivity index is 0. The second-order valence-corrected chi connectivity index (χ2v) is 2.35. The minimum atomic E-state index is 0. The fourth-order valence-corrected chi connectivity index (χ4v) is 0.750. The summed E-state index contributed by atoms with van der Waals surface area (Å²) >= 11 is 0. The predicted octanol–water partition coefficient (Wildman–Crippen LogP) is 2.21. The maximum Gasteiger partial charge on any atom is 0 e. The van der Waals surface area contributed by atoms with Crippen LogP contribution in [-0.2, 0) is 53.8 Å². The largest absolute Gasteiger partial charge is 0.316 e. The van der Waals surface area contributed by atoms with Gasteiger partial charge in [-0.2, -0.15) is 0 Å². The van der Waals surface area contributed by atoms with Gasteiger partial charge in [0.15, 0.2) is 0 Å². The van der Waals surface area contributed by atoms with Crippen molar-refractivity contribution < 1.29 is 53.8 Å². The Morgan fingerprint density at radius 2 is 1.64 bits per heavy atom. The molecule has 2 heteroatoms. The third-order valence-electron chi connectivity index (χ3n) is 1.45. The van der Waals surface area contributed by atoms with Gasteiger partial charge in [0.05, 0.1) is 0 Å². The minimum Gasteiger partial charge on any atom is -0.316 e. The number of hydrogen-bond donors (Lipinski definition) is 0. The van der Waals surface area contributed by atoms with Crippen LogP contribution in [0.3, 0.4) is 0 Å². The van der Waals surface area contributed by atoms with Gasteiger partial charge in [-0.25, -0.2) is 0 Å². The molecule has 0 spiro atoms. The molecule has 0 aliphatic carbocycles. The van der Waals surface area contributed by atoms with Gasteiger partial charge in [-0.1, -0.05) is 0 Å². The summed E-state index contributed by atoms with van der Waals surface area (Å²) in [5.74, 6) is 0. The Morgan fingerprint density at radius 1 is 1.09 bits per heavy atom. The van der Waals surface area contributed by atoms with Gasteiger partial charge >= 0.3 is 0 Å². The molecule has 1 aromatic carbocycles. The van der Waals surface area contributed by atoms with E-state index in [9.17, 15) is 0 Å². The second-order valence-electron chi connectivity index (χ2n) is 2.35. The number of benzene rings is 1. The van der Waals surface area contributed by atoms with E-state index in [4.69, 9.17) is 0 Å². The van der Waals surface area contributed by atoms with Gasteiger partial charge < -0.3 is 12.1 Å². The molecular weight excluding hydrogens is 381 g/mol. The summed E-state index contributed by atoms with van der Waals surface area (Å²) in [6, 6.07) is 8.30. The predicted molar refractivity (Wildman–Crippen MR) is 38.3 cm³/mol. The van der Waals surface area contributed by atoms with E-state index in [1.807, 2.05) is 19.9 Å². The quantitative estimate of drug-likeness (QED) is 0.596. The first-order valence-corrected chi connectivity index (χ1v) is 3.08. The summed E-state index contributed by atoms with van der Waals surface area (Å²) in [7, 11) is 0. The van der Waals surface area contributed by atoms with Crippen LogP contribution < -0.4 is 0 Å². The van der Waals surface area contributed by atoms with Crippen LogP contribution in [0.1, 0.15) is 16.7 Å². The fourth-order valence-electron chi connectivity index (χ4n) is 0.750. The first-order valence-electron chi connectivity index (χ1n) is 3.08. The molecule has 11 heavy (non-hydrogen) atoms. The van der Waals surface area contributed by atoms with Crippen LogP contribution in [0.4, 0.5) is 0 Å². The van der Waals surface area contributed by atoms with E-state index in [0.29, 0.717) is 0 Å². The SMILES string of the molecule is Cc1[c-]c(C)c(C)[c-]c1.[W].[Y]. The maximum absolute atomic E-state index is 3.21. The molecule has 0 aromatic heterocycles. The van der Waals surface area contributed by atoms with Gasteiger partial charge in [-0.15, -0.1) is 20.8 Å². The van der Waals surface area contributed by atoms with Crippen molar-refractivity contribution >= 4 is 0 Å². The zero-order valence-electron chi connectivity index (χ0n) is 7.06. The van der Waals surface area contributed by atoms with E-state index in [-0.39, 0.29) is 53.8 Å². The molecule has 0 nitrogen and oxygen atoms in total. The molecule has 0 fully saturated rings. The van der Waals surface area contributed by atoms with Crippen molar-refractivity contribution in [2.24, 2.45) is 0 Å². The molecule has 0 amide bonds. The fraction of sp³-hybridized carbons (Fsp3) is 0.333. The molecule has 0 unspecified atom stereocenters. The molecule has 57 valence electrons. The second kappa shape index (κ2) is 6.52. The zero-order valence-corrected chi connectivity index (χ0v) is 12.8.